The molecule has 0 spiro atoms. The van der Waals surface area contributed by atoms with Crippen LogP contribution in [0.5, 0.6) is 0 Å². The van der Waals surface area contributed by atoms with Gasteiger partial charge in [0.15, 0.2) is 6.61 Å². The first-order valence-corrected chi connectivity index (χ1v) is 9.12. The number of amides is 2. The number of allylic oxidation sites excluding steroid dienone is 2. The van der Waals surface area contributed by atoms with Crippen molar-refractivity contribution in [2.45, 2.75) is 32.4 Å². The van der Waals surface area contributed by atoms with Crippen molar-refractivity contribution < 1.29 is 23.5 Å². The first kappa shape index (κ1) is 18.1. The second kappa shape index (κ2) is 7.38. The molecule has 2 aromatic rings. The second-order valence-corrected chi connectivity index (χ2v) is 6.85. The molecule has 1 aromatic carbocycles. The molecule has 3 atom stereocenters. The number of carbonyl (C=O) groups excluding carboxylic acids is 3. The first-order valence-electron chi connectivity index (χ1n) is 9.12. The molecule has 2 aliphatic rings. The highest BCUT2D eigenvalue weighted by Crippen LogP contribution is 2.36. The minimum Gasteiger partial charge on any atom is -0.454 e. The molecule has 144 valence electrons. The van der Waals surface area contributed by atoms with E-state index in [1.807, 2.05) is 42.5 Å². The van der Waals surface area contributed by atoms with Crippen molar-refractivity contribution in [3.63, 3.8) is 0 Å². The molecule has 4 rings (SSSR count). The third kappa shape index (κ3) is 3.21. The van der Waals surface area contributed by atoms with E-state index < -0.39 is 12.0 Å². The zero-order valence-electron chi connectivity index (χ0n) is 15.3. The summed E-state index contributed by atoms with van der Waals surface area (Å²) in [6, 6.07) is 8.21. The van der Waals surface area contributed by atoms with E-state index in [-0.39, 0.29) is 36.1 Å². The largest absolute Gasteiger partial charge is 0.454 e. The molecular weight excluding hydrogens is 362 g/mol. The molecule has 1 aliphatic heterocycles. The number of hydrogen-bond acceptors (Lipinski definition) is 7. The van der Waals surface area contributed by atoms with E-state index in [2.05, 4.69) is 10.2 Å². The number of nitrogens with zero attached hydrogens (tertiary/aromatic N) is 3. The monoisotopic (exact) mass is 381 g/mol. The van der Waals surface area contributed by atoms with Crippen LogP contribution in [0, 0.1) is 11.8 Å². The smallest absolute Gasteiger partial charge is 0.329 e. The summed E-state index contributed by atoms with van der Waals surface area (Å²) in [5.74, 6) is -1.61. The Labute approximate surface area is 161 Å². The highest BCUT2D eigenvalue weighted by atomic mass is 16.5. The third-order valence-corrected chi connectivity index (χ3v) is 5.10. The van der Waals surface area contributed by atoms with Crippen LogP contribution >= 0.6 is 0 Å². The summed E-state index contributed by atoms with van der Waals surface area (Å²) < 4.78 is 10.7. The number of esters is 1. The lowest BCUT2D eigenvalue weighted by atomic mass is 9.85. The van der Waals surface area contributed by atoms with Crippen LogP contribution < -0.4 is 0 Å². The van der Waals surface area contributed by atoms with Gasteiger partial charge >= 0.3 is 5.97 Å². The summed E-state index contributed by atoms with van der Waals surface area (Å²) in [6.45, 7) is 1.26. The average molecular weight is 381 g/mol. The fourth-order valence-electron chi connectivity index (χ4n) is 3.58. The van der Waals surface area contributed by atoms with Gasteiger partial charge in [0.05, 0.1) is 11.8 Å². The quantitative estimate of drug-likeness (QED) is 0.444. The molecule has 8 heteroatoms. The lowest BCUT2D eigenvalue weighted by Gasteiger charge is -2.21. The topological polar surface area (TPSA) is 103 Å². The van der Waals surface area contributed by atoms with E-state index in [1.165, 1.54) is 6.92 Å². The number of carbonyl (C=O) groups is 3. The van der Waals surface area contributed by atoms with Crippen molar-refractivity contribution in [1.82, 2.24) is 15.1 Å². The van der Waals surface area contributed by atoms with Gasteiger partial charge in [-0.1, -0.05) is 30.4 Å². The van der Waals surface area contributed by atoms with Crippen molar-refractivity contribution in [1.29, 1.82) is 0 Å². The summed E-state index contributed by atoms with van der Waals surface area (Å²) in [4.78, 5) is 38.5. The van der Waals surface area contributed by atoms with Crippen molar-refractivity contribution in [3.05, 3.63) is 48.4 Å². The maximum absolute atomic E-state index is 12.6. The van der Waals surface area contributed by atoms with Gasteiger partial charge in [-0.25, -0.2) is 4.79 Å². The van der Waals surface area contributed by atoms with E-state index in [1.54, 1.807) is 0 Å². The SMILES string of the molecule is C[C@@H](C(=O)OCc1nnc(-c2ccccc2)o1)N1C(=O)[C@H]2CC=CC[C@@H]2C1=O. The van der Waals surface area contributed by atoms with Crippen LogP contribution in [0.3, 0.4) is 0 Å². The van der Waals surface area contributed by atoms with Crippen LogP contribution in [0.4, 0.5) is 0 Å². The van der Waals surface area contributed by atoms with Crippen LogP contribution in [0.1, 0.15) is 25.7 Å². The molecule has 2 heterocycles. The highest BCUT2D eigenvalue weighted by Gasteiger charge is 2.50. The molecule has 1 aromatic heterocycles. The van der Waals surface area contributed by atoms with E-state index in [9.17, 15) is 14.4 Å². The molecule has 0 bridgehead atoms. The Morgan fingerprint density at radius 3 is 2.43 bits per heavy atom. The number of ether oxygens (including phenoxy) is 1. The van der Waals surface area contributed by atoms with Crippen molar-refractivity contribution >= 4 is 17.8 Å². The fraction of sp³-hybridized carbons (Fsp3) is 0.350. The molecule has 8 nitrogen and oxygen atoms in total. The van der Waals surface area contributed by atoms with Gasteiger partial charge < -0.3 is 9.15 Å². The molecule has 1 aliphatic carbocycles. The third-order valence-electron chi connectivity index (χ3n) is 5.10. The van der Waals surface area contributed by atoms with Gasteiger partial charge in [0.1, 0.15) is 6.04 Å². The number of aromatic nitrogens is 2. The lowest BCUT2D eigenvalue weighted by Crippen LogP contribution is -2.44. The van der Waals surface area contributed by atoms with Crippen molar-refractivity contribution in [3.8, 4) is 11.5 Å². The summed E-state index contributed by atoms with van der Waals surface area (Å²) in [5, 5.41) is 7.79. The Kier molecular flexibility index (Phi) is 4.77. The Morgan fingerprint density at radius 2 is 1.79 bits per heavy atom. The second-order valence-electron chi connectivity index (χ2n) is 6.85. The maximum atomic E-state index is 12.6. The Bertz CT molecular complexity index is 910. The highest BCUT2D eigenvalue weighted by molar-refractivity contribution is 6.08. The number of hydrogen-bond donors (Lipinski definition) is 0. The minimum absolute atomic E-state index is 0.136. The fourth-order valence-corrected chi connectivity index (χ4v) is 3.58. The lowest BCUT2D eigenvalue weighted by molar-refractivity contribution is -0.159. The van der Waals surface area contributed by atoms with Gasteiger partial charge in [0.25, 0.3) is 5.89 Å². The molecule has 0 radical (unpaired) electrons. The standard InChI is InChI=1S/C20H19N3O5/c1-12(23-18(24)14-9-5-6-10-15(14)19(23)25)20(26)27-11-16-21-22-17(28-16)13-7-3-2-4-8-13/h2-8,12,14-15H,9-11H2,1H3/t12-,14-,15-/m0/s1. The summed E-state index contributed by atoms with van der Waals surface area (Å²) in [5.41, 5.74) is 0.755. The van der Waals surface area contributed by atoms with Crippen LogP contribution in [-0.4, -0.2) is 38.9 Å². The number of fused-ring (bicyclic) bond motifs is 1. The summed E-state index contributed by atoms with van der Waals surface area (Å²) in [7, 11) is 0. The Balaban J connectivity index is 1.38. The summed E-state index contributed by atoms with van der Waals surface area (Å²) in [6.07, 6.45) is 4.85. The van der Waals surface area contributed by atoms with E-state index in [4.69, 9.17) is 9.15 Å². The molecule has 1 fully saturated rings. The number of rotatable bonds is 5. The normalized spacial score (nSPS) is 22.2. The molecule has 2 amide bonds. The van der Waals surface area contributed by atoms with Crippen molar-refractivity contribution in [2.24, 2.45) is 11.8 Å². The first-order chi connectivity index (χ1) is 13.6. The van der Waals surface area contributed by atoms with Gasteiger partial charge in [0.2, 0.25) is 17.7 Å². The average Bonchev–Trinajstić information content (AvgIpc) is 3.30. The van der Waals surface area contributed by atoms with E-state index in [0.717, 1.165) is 10.5 Å². The Hall–Kier alpha value is -3.29. The molecular formula is C20H19N3O5. The van der Waals surface area contributed by atoms with Crippen LogP contribution in [0.2, 0.25) is 0 Å². The van der Waals surface area contributed by atoms with Gasteiger partial charge in [-0.2, -0.15) is 0 Å². The number of likely N-dealkylation sites (tertiary alicyclic amines) is 1. The molecule has 0 unspecified atom stereocenters. The summed E-state index contributed by atoms with van der Waals surface area (Å²) >= 11 is 0. The van der Waals surface area contributed by atoms with Gasteiger partial charge in [-0.05, 0) is 31.9 Å². The van der Waals surface area contributed by atoms with Crippen LogP contribution in [0.15, 0.2) is 46.9 Å². The molecule has 0 saturated carbocycles. The zero-order chi connectivity index (χ0) is 19.7. The van der Waals surface area contributed by atoms with Gasteiger partial charge in [-0.15, -0.1) is 10.2 Å². The molecule has 1 saturated heterocycles. The zero-order valence-corrected chi connectivity index (χ0v) is 15.3. The number of benzene rings is 1. The minimum atomic E-state index is -0.998. The van der Waals surface area contributed by atoms with Gasteiger partial charge in [-0.3, -0.25) is 14.5 Å². The van der Waals surface area contributed by atoms with Crippen LogP contribution in [0.25, 0.3) is 11.5 Å². The van der Waals surface area contributed by atoms with E-state index >= 15 is 0 Å². The predicted molar refractivity (Wildman–Crippen MR) is 96.2 cm³/mol. The Morgan fingerprint density at radius 1 is 1.14 bits per heavy atom. The number of imide groups is 1. The molecule has 0 N–H and O–H groups in total. The maximum Gasteiger partial charge on any atom is 0.329 e. The van der Waals surface area contributed by atoms with Crippen LogP contribution in [-0.2, 0) is 25.7 Å². The predicted octanol–water partition coefficient (Wildman–Crippen LogP) is 2.12. The van der Waals surface area contributed by atoms with Crippen molar-refractivity contribution in [2.75, 3.05) is 0 Å². The van der Waals surface area contributed by atoms with E-state index in [0.29, 0.717) is 18.7 Å². The molecule has 28 heavy (non-hydrogen) atoms. The van der Waals surface area contributed by atoms with Gasteiger partial charge in [0, 0.05) is 5.56 Å².